The molecule has 2 atom stereocenters. The van der Waals surface area contributed by atoms with E-state index >= 15 is 0 Å². The van der Waals surface area contributed by atoms with E-state index in [-0.39, 0.29) is 18.2 Å². The molecule has 1 aromatic heterocycles. The van der Waals surface area contributed by atoms with Crippen molar-refractivity contribution in [2.24, 2.45) is 0 Å². The number of ether oxygens (including phenoxy) is 1. The zero-order valence-electron chi connectivity index (χ0n) is 11.8. The Kier molecular flexibility index (Phi) is 3.72. The molecule has 0 radical (unpaired) electrons. The van der Waals surface area contributed by atoms with E-state index in [1.54, 1.807) is 6.20 Å². The van der Waals surface area contributed by atoms with Crippen LogP contribution in [0, 0.1) is 0 Å². The van der Waals surface area contributed by atoms with Crippen LogP contribution in [0.2, 0.25) is 0 Å². The van der Waals surface area contributed by atoms with Gasteiger partial charge in [-0.15, -0.1) is 0 Å². The average molecular weight is 272 g/mol. The first-order chi connectivity index (χ1) is 9.79. The second kappa shape index (κ2) is 5.65. The average Bonchev–Trinajstić information content (AvgIpc) is 2.47. The molecule has 3 heterocycles. The van der Waals surface area contributed by atoms with Crippen LogP contribution in [0.25, 0.3) is 5.57 Å². The maximum Gasteiger partial charge on any atom is 0.410 e. The molecule has 0 spiro atoms. The summed E-state index contributed by atoms with van der Waals surface area (Å²) >= 11 is 0. The van der Waals surface area contributed by atoms with E-state index in [2.05, 4.69) is 17.1 Å². The number of pyridine rings is 1. The number of aromatic nitrogens is 1. The molecule has 20 heavy (non-hydrogen) atoms. The van der Waals surface area contributed by atoms with Crippen LogP contribution in [0.3, 0.4) is 0 Å². The molecule has 0 saturated carbocycles. The van der Waals surface area contributed by atoms with Crippen molar-refractivity contribution in [2.75, 3.05) is 6.61 Å². The van der Waals surface area contributed by atoms with Crippen LogP contribution in [0.1, 0.15) is 38.2 Å². The molecular weight excluding hydrogens is 252 g/mol. The number of nitrogens with zero attached hydrogens (tertiary/aromatic N) is 2. The minimum Gasteiger partial charge on any atom is -0.450 e. The lowest BCUT2D eigenvalue weighted by atomic mass is 9.83. The van der Waals surface area contributed by atoms with Crippen molar-refractivity contribution >= 4 is 11.7 Å². The van der Waals surface area contributed by atoms with E-state index in [1.807, 2.05) is 24.1 Å². The quantitative estimate of drug-likeness (QED) is 0.830. The van der Waals surface area contributed by atoms with Crippen molar-refractivity contribution in [3.63, 3.8) is 0 Å². The summed E-state index contributed by atoms with van der Waals surface area (Å²) in [5.74, 6) is 0. The van der Waals surface area contributed by atoms with Crippen molar-refractivity contribution < 1.29 is 9.53 Å². The highest BCUT2D eigenvalue weighted by atomic mass is 16.6. The molecule has 1 amide bonds. The summed E-state index contributed by atoms with van der Waals surface area (Å²) in [6.07, 6.45) is 9.93. The third-order valence-electron chi connectivity index (χ3n) is 4.15. The van der Waals surface area contributed by atoms with Crippen LogP contribution >= 0.6 is 0 Å². The lowest BCUT2D eigenvalue weighted by molar-refractivity contribution is 0.0585. The predicted molar refractivity (Wildman–Crippen MR) is 77.1 cm³/mol. The number of piperidine rings is 1. The highest BCUT2D eigenvalue weighted by Gasteiger charge is 2.37. The van der Waals surface area contributed by atoms with Gasteiger partial charge < -0.3 is 4.74 Å². The standard InChI is InChI=1S/C16H20N2O2/c1-2-20-16(19)18-14-6-3-7-15(18)10-13(9-14)12-5-4-8-17-11-12/h4-5,8-9,11,14-15H,2-3,6-7,10H2,1H3. The molecule has 0 aromatic carbocycles. The van der Waals surface area contributed by atoms with Crippen molar-refractivity contribution in [1.82, 2.24) is 9.88 Å². The van der Waals surface area contributed by atoms with Gasteiger partial charge in [0.05, 0.1) is 12.6 Å². The fraction of sp³-hybridized carbons (Fsp3) is 0.500. The van der Waals surface area contributed by atoms with Gasteiger partial charge in [0.2, 0.25) is 0 Å². The fourth-order valence-electron chi connectivity index (χ4n) is 3.28. The van der Waals surface area contributed by atoms with E-state index in [1.165, 1.54) is 17.6 Å². The third kappa shape index (κ3) is 2.42. The molecule has 2 bridgehead atoms. The Hall–Kier alpha value is -1.84. The normalized spacial score (nSPS) is 25.1. The molecule has 106 valence electrons. The van der Waals surface area contributed by atoms with E-state index in [0.717, 1.165) is 19.3 Å². The van der Waals surface area contributed by atoms with Crippen LogP contribution in [0.4, 0.5) is 4.79 Å². The van der Waals surface area contributed by atoms with E-state index in [9.17, 15) is 4.79 Å². The van der Waals surface area contributed by atoms with Crippen molar-refractivity contribution in [2.45, 2.75) is 44.7 Å². The molecule has 1 fully saturated rings. The summed E-state index contributed by atoms with van der Waals surface area (Å²) in [4.78, 5) is 18.2. The van der Waals surface area contributed by atoms with Crippen molar-refractivity contribution in [1.29, 1.82) is 0 Å². The van der Waals surface area contributed by atoms with Crippen molar-refractivity contribution in [3.05, 3.63) is 36.2 Å². The first-order valence-corrected chi connectivity index (χ1v) is 7.35. The van der Waals surface area contributed by atoms with Gasteiger partial charge in [0.25, 0.3) is 0 Å². The Morgan fingerprint density at radius 1 is 1.50 bits per heavy atom. The summed E-state index contributed by atoms with van der Waals surface area (Å²) in [6.45, 7) is 2.29. The molecule has 4 nitrogen and oxygen atoms in total. The van der Waals surface area contributed by atoms with Gasteiger partial charge >= 0.3 is 6.09 Å². The summed E-state index contributed by atoms with van der Waals surface area (Å²) in [5.41, 5.74) is 2.49. The second-order valence-corrected chi connectivity index (χ2v) is 5.40. The van der Waals surface area contributed by atoms with Crippen LogP contribution in [-0.4, -0.2) is 34.7 Å². The Bertz CT molecular complexity index is 512. The Labute approximate surface area is 119 Å². The second-order valence-electron chi connectivity index (χ2n) is 5.40. The number of carbonyl (C=O) groups is 1. The van der Waals surface area contributed by atoms with Crippen LogP contribution in [0.5, 0.6) is 0 Å². The highest BCUT2D eigenvalue weighted by molar-refractivity contribution is 5.74. The maximum atomic E-state index is 12.1. The zero-order chi connectivity index (χ0) is 13.9. The van der Waals surface area contributed by atoms with Gasteiger partial charge in [-0.1, -0.05) is 12.1 Å². The van der Waals surface area contributed by atoms with E-state index in [0.29, 0.717) is 6.61 Å². The Balaban J connectivity index is 1.87. The maximum absolute atomic E-state index is 12.1. The number of amides is 1. The molecule has 2 aliphatic rings. The SMILES string of the molecule is CCOC(=O)N1C2C=C(c3cccnc3)CC1CCC2. The number of fused-ring (bicyclic) bond motifs is 2. The lowest BCUT2D eigenvalue weighted by Crippen LogP contribution is -2.51. The van der Waals surface area contributed by atoms with E-state index < -0.39 is 0 Å². The number of carbonyl (C=O) groups excluding carboxylic acids is 1. The van der Waals surface area contributed by atoms with Crippen molar-refractivity contribution in [3.8, 4) is 0 Å². The number of rotatable bonds is 2. The first-order valence-electron chi connectivity index (χ1n) is 7.35. The van der Waals surface area contributed by atoms with Crippen LogP contribution in [0.15, 0.2) is 30.6 Å². The third-order valence-corrected chi connectivity index (χ3v) is 4.15. The van der Waals surface area contributed by atoms with Crippen LogP contribution < -0.4 is 0 Å². The van der Waals surface area contributed by atoms with Gasteiger partial charge in [-0.05, 0) is 49.8 Å². The summed E-state index contributed by atoms with van der Waals surface area (Å²) in [5, 5.41) is 0. The van der Waals surface area contributed by atoms with Gasteiger partial charge in [-0.2, -0.15) is 0 Å². The minimum absolute atomic E-state index is 0.163. The smallest absolute Gasteiger partial charge is 0.410 e. The molecule has 2 unspecified atom stereocenters. The number of hydrogen-bond donors (Lipinski definition) is 0. The molecule has 0 aliphatic carbocycles. The molecule has 4 heteroatoms. The monoisotopic (exact) mass is 272 g/mol. The molecular formula is C16H20N2O2. The highest BCUT2D eigenvalue weighted by Crippen LogP contribution is 2.37. The van der Waals surface area contributed by atoms with Gasteiger partial charge in [-0.25, -0.2) is 4.79 Å². The molecule has 1 aromatic rings. The summed E-state index contributed by atoms with van der Waals surface area (Å²) < 4.78 is 5.20. The predicted octanol–water partition coefficient (Wildman–Crippen LogP) is 3.25. The summed E-state index contributed by atoms with van der Waals surface area (Å²) in [7, 11) is 0. The molecule has 1 saturated heterocycles. The Morgan fingerprint density at radius 2 is 2.40 bits per heavy atom. The summed E-state index contributed by atoms with van der Waals surface area (Å²) in [6, 6.07) is 4.50. The van der Waals surface area contributed by atoms with Gasteiger partial charge in [0, 0.05) is 18.4 Å². The number of hydrogen-bond acceptors (Lipinski definition) is 3. The lowest BCUT2D eigenvalue weighted by Gasteiger charge is -2.44. The van der Waals surface area contributed by atoms with Gasteiger partial charge in [-0.3, -0.25) is 9.88 Å². The van der Waals surface area contributed by atoms with E-state index in [4.69, 9.17) is 4.74 Å². The molecule has 0 N–H and O–H groups in total. The Morgan fingerprint density at radius 3 is 3.10 bits per heavy atom. The fourth-order valence-corrected chi connectivity index (χ4v) is 3.28. The van der Waals surface area contributed by atoms with Crippen LogP contribution in [-0.2, 0) is 4.74 Å². The minimum atomic E-state index is -0.163. The zero-order valence-corrected chi connectivity index (χ0v) is 11.8. The topological polar surface area (TPSA) is 42.4 Å². The first kappa shape index (κ1) is 13.2. The largest absolute Gasteiger partial charge is 0.450 e. The van der Waals surface area contributed by atoms with Gasteiger partial charge in [0.1, 0.15) is 0 Å². The molecule has 3 rings (SSSR count). The van der Waals surface area contributed by atoms with Gasteiger partial charge in [0.15, 0.2) is 0 Å². The molecule has 2 aliphatic heterocycles.